The van der Waals surface area contributed by atoms with Gasteiger partial charge in [-0.1, -0.05) is 23.4 Å². The zero-order valence-electron chi connectivity index (χ0n) is 17.3. The van der Waals surface area contributed by atoms with Gasteiger partial charge in [0.2, 0.25) is 11.7 Å². The van der Waals surface area contributed by atoms with Gasteiger partial charge in [-0.25, -0.2) is 9.67 Å². The Morgan fingerprint density at radius 2 is 1.97 bits per heavy atom. The molecule has 4 heterocycles. The lowest BCUT2D eigenvalue weighted by atomic mass is 10.2. The first-order valence-electron chi connectivity index (χ1n) is 9.69. The Hall–Kier alpha value is -3.93. The summed E-state index contributed by atoms with van der Waals surface area (Å²) in [5, 5.41) is 22.9. The van der Waals surface area contributed by atoms with E-state index < -0.39 is 0 Å². The van der Waals surface area contributed by atoms with Crippen LogP contribution < -0.4 is 4.74 Å². The molecule has 12 nitrogen and oxygen atoms in total. The molecule has 0 N–H and O–H groups in total. The third-order valence-corrected chi connectivity index (χ3v) is 4.74. The maximum Gasteiger partial charge on any atom is 0.297 e. The molecule has 4 aromatic heterocycles. The number of rotatable bonds is 7. The minimum atomic E-state index is 0.215. The summed E-state index contributed by atoms with van der Waals surface area (Å²) in [5.41, 5.74) is 0.572. The first kappa shape index (κ1) is 19.1. The SMILES string of the molecule is Cc1noc(-c2nnc3c4ccccc4c(OCc4ncnn4CCN(C)C)nn23)n1. The summed E-state index contributed by atoms with van der Waals surface area (Å²) in [6.45, 7) is 3.51. The van der Waals surface area contributed by atoms with Crippen molar-refractivity contribution in [2.24, 2.45) is 0 Å². The number of likely N-dealkylation sites (N-methyl/N-ethyl adjacent to an activating group) is 1. The van der Waals surface area contributed by atoms with Crippen LogP contribution in [0.4, 0.5) is 0 Å². The van der Waals surface area contributed by atoms with Gasteiger partial charge < -0.3 is 14.2 Å². The highest BCUT2D eigenvalue weighted by Crippen LogP contribution is 2.28. The van der Waals surface area contributed by atoms with E-state index in [1.54, 1.807) is 11.4 Å². The molecule has 0 atom stereocenters. The van der Waals surface area contributed by atoms with Crippen LogP contribution in [-0.4, -0.2) is 70.3 Å². The Morgan fingerprint density at radius 3 is 2.74 bits per heavy atom. The maximum absolute atomic E-state index is 6.09. The summed E-state index contributed by atoms with van der Waals surface area (Å²) in [5.74, 6) is 2.22. The summed E-state index contributed by atoms with van der Waals surface area (Å²) >= 11 is 0. The maximum atomic E-state index is 6.09. The predicted molar refractivity (Wildman–Crippen MR) is 109 cm³/mol. The molecule has 0 aliphatic heterocycles. The van der Waals surface area contributed by atoms with Crippen LogP contribution >= 0.6 is 0 Å². The fourth-order valence-electron chi connectivity index (χ4n) is 3.19. The Labute approximate surface area is 176 Å². The van der Waals surface area contributed by atoms with E-state index in [4.69, 9.17) is 9.26 Å². The van der Waals surface area contributed by atoms with E-state index >= 15 is 0 Å². The van der Waals surface area contributed by atoms with E-state index in [-0.39, 0.29) is 12.5 Å². The largest absolute Gasteiger partial charge is 0.468 e. The molecule has 0 saturated heterocycles. The van der Waals surface area contributed by atoms with Crippen molar-refractivity contribution in [2.45, 2.75) is 20.1 Å². The van der Waals surface area contributed by atoms with Crippen LogP contribution in [0.3, 0.4) is 0 Å². The molecule has 0 aliphatic rings. The number of aryl methyl sites for hydroxylation is 1. The topological polar surface area (TPSA) is 125 Å². The van der Waals surface area contributed by atoms with Crippen molar-refractivity contribution < 1.29 is 9.26 Å². The van der Waals surface area contributed by atoms with Crippen LogP contribution in [-0.2, 0) is 13.2 Å². The molecule has 0 amide bonds. The van der Waals surface area contributed by atoms with Gasteiger partial charge in [0.25, 0.3) is 5.89 Å². The van der Waals surface area contributed by atoms with E-state index in [0.29, 0.717) is 35.5 Å². The van der Waals surface area contributed by atoms with Crippen molar-refractivity contribution in [2.75, 3.05) is 20.6 Å². The van der Waals surface area contributed by atoms with Gasteiger partial charge in [0, 0.05) is 17.3 Å². The fraction of sp³-hybridized carbons (Fsp3) is 0.316. The zero-order valence-corrected chi connectivity index (χ0v) is 17.3. The number of nitrogens with zero attached hydrogens (tertiary/aromatic N) is 10. The van der Waals surface area contributed by atoms with Crippen LogP contribution in [0.25, 0.3) is 28.1 Å². The number of benzene rings is 1. The van der Waals surface area contributed by atoms with Gasteiger partial charge in [-0.05, 0) is 27.1 Å². The lowest BCUT2D eigenvalue weighted by molar-refractivity contribution is 0.271. The minimum absolute atomic E-state index is 0.215. The normalized spacial score (nSPS) is 11.7. The molecular formula is C19H20N10O2. The minimum Gasteiger partial charge on any atom is -0.468 e. The van der Waals surface area contributed by atoms with Gasteiger partial charge in [-0.2, -0.15) is 14.6 Å². The molecular weight excluding hydrogens is 400 g/mol. The Bertz CT molecular complexity index is 1350. The second kappa shape index (κ2) is 7.72. The summed E-state index contributed by atoms with van der Waals surface area (Å²) in [7, 11) is 4.03. The smallest absolute Gasteiger partial charge is 0.297 e. The highest BCUT2D eigenvalue weighted by atomic mass is 16.5. The number of aromatic nitrogens is 9. The van der Waals surface area contributed by atoms with Crippen LogP contribution in [0.15, 0.2) is 35.1 Å². The monoisotopic (exact) mass is 420 g/mol. The fourth-order valence-corrected chi connectivity index (χ4v) is 3.19. The van der Waals surface area contributed by atoms with E-state index in [9.17, 15) is 0 Å². The predicted octanol–water partition coefficient (Wildman–Crippen LogP) is 1.37. The summed E-state index contributed by atoms with van der Waals surface area (Å²) in [6, 6.07) is 7.72. The van der Waals surface area contributed by atoms with Gasteiger partial charge in [-0.3, -0.25) is 0 Å². The van der Waals surface area contributed by atoms with Gasteiger partial charge in [-0.15, -0.1) is 15.3 Å². The average molecular weight is 420 g/mol. The molecule has 1 aromatic carbocycles. The molecule has 5 rings (SSSR count). The van der Waals surface area contributed by atoms with Crippen molar-refractivity contribution in [1.29, 1.82) is 0 Å². The summed E-state index contributed by atoms with van der Waals surface area (Å²) < 4.78 is 14.7. The summed E-state index contributed by atoms with van der Waals surface area (Å²) in [6.07, 6.45) is 1.53. The van der Waals surface area contributed by atoms with Crippen molar-refractivity contribution in [3.63, 3.8) is 0 Å². The second-order valence-electron chi connectivity index (χ2n) is 7.25. The third kappa shape index (κ3) is 3.57. The number of fused-ring (bicyclic) bond motifs is 3. The lowest BCUT2D eigenvalue weighted by Gasteiger charge is -2.12. The van der Waals surface area contributed by atoms with E-state index in [1.165, 1.54) is 6.33 Å². The van der Waals surface area contributed by atoms with Crippen LogP contribution in [0.5, 0.6) is 5.88 Å². The van der Waals surface area contributed by atoms with Crippen molar-refractivity contribution in [3.05, 3.63) is 42.2 Å². The lowest BCUT2D eigenvalue weighted by Crippen LogP contribution is -2.21. The summed E-state index contributed by atoms with van der Waals surface area (Å²) in [4.78, 5) is 10.6. The van der Waals surface area contributed by atoms with Gasteiger partial charge >= 0.3 is 0 Å². The molecule has 0 radical (unpaired) electrons. The van der Waals surface area contributed by atoms with E-state index in [1.807, 2.05) is 43.0 Å². The highest BCUT2D eigenvalue weighted by Gasteiger charge is 2.20. The van der Waals surface area contributed by atoms with Crippen molar-refractivity contribution >= 4 is 16.4 Å². The molecule has 31 heavy (non-hydrogen) atoms. The van der Waals surface area contributed by atoms with Crippen LogP contribution in [0.2, 0.25) is 0 Å². The van der Waals surface area contributed by atoms with Gasteiger partial charge in [0.05, 0.1) is 6.54 Å². The zero-order chi connectivity index (χ0) is 21.4. The molecule has 0 bridgehead atoms. The highest BCUT2D eigenvalue weighted by molar-refractivity contribution is 5.96. The molecule has 0 saturated carbocycles. The molecule has 0 aliphatic carbocycles. The molecule has 158 valence electrons. The van der Waals surface area contributed by atoms with Crippen LogP contribution in [0, 0.1) is 6.92 Å². The molecule has 5 aromatic rings. The van der Waals surface area contributed by atoms with E-state index in [0.717, 1.165) is 17.3 Å². The quantitative estimate of drug-likeness (QED) is 0.381. The van der Waals surface area contributed by atoms with Crippen molar-refractivity contribution in [3.8, 4) is 17.6 Å². The number of ether oxygens (including phenoxy) is 1. The number of hydrogen-bond acceptors (Lipinski definition) is 10. The van der Waals surface area contributed by atoms with Crippen molar-refractivity contribution in [1.82, 2.24) is 49.6 Å². The Balaban J connectivity index is 1.53. The Kier molecular flexibility index (Phi) is 4.75. The average Bonchev–Trinajstić information content (AvgIpc) is 3.49. The molecule has 0 fully saturated rings. The Morgan fingerprint density at radius 1 is 1.13 bits per heavy atom. The van der Waals surface area contributed by atoms with Crippen LogP contribution in [0.1, 0.15) is 11.6 Å². The van der Waals surface area contributed by atoms with Gasteiger partial charge in [0.15, 0.2) is 17.3 Å². The first-order valence-corrected chi connectivity index (χ1v) is 9.69. The first-order chi connectivity index (χ1) is 15.1. The third-order valence-electron chi connectivity index (χ3n) is 4.74. The second-order valence-corrected chi connectivity index (χ2v) is 7.25. The number of hydrogen-bond donors (Lipinski definition) is 0. The van der Waals surface area contributed by atoms with E-state index in [2.05, 4.69) is 40.4 Å². The standard InChI is InChI=1S/C19H20N10O2/c1-12-22-19(31-26-12)17-24-23-16-13-6-4-5-7-14(13)18(25-29(16)17)30-10-15-20-11-21-28(15)9-8-27(2)3/h4-7,11H,8-10H2,1-3H3. The molecule has 12 heteroatoms. The van der Waals surface area contributed by atoms with Gasteiger partial charge in [0.1, 0.15) is 12.9 Å². The molecule has 0 spiro atoms. The molecule has 0 unspecified atom stereocenters.